The van der Waals surface area contributed by atoms with Crippen LogP contribution in [0, 0.1) is 13.8 Å². The Morgan fingerprint density at radius 3 is 2.62 bits per heavy atom. The van der Waals surface area contributed by atoms with Crippen molar-refractivity contribution < 1.29 is 14.3 Å². The topological polar surface area (TPSA) is 94.3 Å². The maximum Gasteiger partial charge on any atom is 0.251 e. The Morgan fingerprint density at radius 1 is 1.27 bits per heavy atom. The third-order valence-electron chi connectivity index (χ3n) is 4.67. The van der Waals surface area contributed by atoms with Gasteiger partial charge in [-0.3, -0.25) is 14.6 Å². The summed E-state index contributed by atoms with van der Waals surface area (Å²) in [5, 5.41) is 2.89. The molecule has 2 heterocycles. The summed E-state index contributed by atoms with van der Waals surface area (Å²) in [7, 11) is 0. The molecule has 0 unspecified atom stereocenters. The second-order valence-corrected chi connectivity index (χ2v) is 6.57. The Labute approximate surface area is 152 Å². The molecule has 0 spiro atoms. The molecule has 1 fully saturated rings. The van der Waals surface area contributed by atoms with Gasteiger partial charge < -0.3 is 15.8 Å². The minimum Gasteiger partial charge on any atom is -0.376 e. The Balaban J connectivity index is 1.78. The predicted octanol–water partition coefficient (Wildman–Crippen LogP) is 2.37. The summed E-state index contributed by atoms with van der Waals surface area (Å²) < 4.78 is 5.51. The third kappa shape index (κ3) is 3.91. The van der Waals surface area contributed by atoms with E-state index in [2.05, 4.69) is 10.3 Å². The molecule has 1 aromatic carbocycles. The van der Waals surface area contributed by atoms with Gasteiger partial charge in [0.25, 0.3) is 11.8 Å². The first-order valence-electron chi connectivity index (χ1n) is 8.74. The number of hydrogen-bond acceptors (Lipinski definition) is 4. The van der Waals surface area contributed by atoms with E-state index in [4.69, 9.17) is 10.5 Å². The summed E-state index contributed by atoms with van der Waals surface area (Å²) >= 11 is 0. The van der Waals surface area contributed by atoms with E-state index in [0.29, 0.717) is 23.4 Å². The van der Waals surface area contributed by atoms with Crippen molar-refractivity contribution >= 4 is 11.8 Å². The van der Waals surface area contributed by atoms with E-state index < -0.39 is 5.91 Å². The number of rotatable bonds is 5. The van der Waals surface area contributed by atoms with Gasteiger partial charge in [-0.15, -0.1) is 0 Å². The van der Waals surface area contributed by atoms with Crippen LogP contribution in [-0.2, 0) is 4.74 Å². The number of amides is 2. The molecule has 6 heteroatoms. The number of pyridine rings is 1. The van der Waals surface area contributed by atoms with Crippen molar-refractivity contribution in [3.05, 3.63) is 52.7 Å². The SMILES string of the molecule is Cc1cc(C(N)=O)c(-c2ccc(C(=O)NC[C@@H]3CCCO3)cc2)nc1C. The van der Waals surface area contributed by atoms with Crippen LogP contribution in [0.2, 0.25) is 0 Å². The Morgan fingerprint density at radius 2 is 2.00 bits per heavy atom. The average molecular weight is 353 g/mol. The minimum atomic E-state index is -0.519. The second-order valence-electron chi connectivity index (χ2n) is 6.57. The maximum absolute atomic E-state index is 12.3. The zero-order valence-corrected chi connectivity index (χ0v) is 15.0. The highest BCUT2D eigenvalue weighted by Gasteiger charge is 2.17. The van der Waals surface area contributed by atoms with Crippen LogP contribution >= 0.6 is 0 Å². The first kappa shape index (κ1) is 18.1. The number of nitrogens with two attached hydrogens (primary N) is 1. The molecule has 1 aromatic heterocycles. The molecule has 0 saturated carbocycles. The maximum atomic E-state index is 12.3. The number of carbonyl (C=O) groups excluding carboxylic acids is 2. The summed E-state index contributed by atoms with van der Waals surface area (Å²) in [4.78, 5) is 28.5. The van der Waals surface area contributed by atoms with Gasteiger partial charge in [-0.05, 0) is 50.5 Å². The van der Waals surface area contributed by atoms with Crippen LogP contribution in [0.25, 0.3) is 11.3 Å². The van der Waals surface area contributed by atoms with E-state index in [9.17, 15) is 9.59 Å². The molecule has 6 nitrogen and oxygen atoms in total. The van der Waals surface area contributed by atoms with Crippen molar-refractivity contribution in [2.24, 2.45) is 5.73 Å². The van der Waals surface area contributed by atoms with Crippen LogP contribution in [0.5, 0.6) is 0 Å². The first-order valence-corrected chi connectivity index (χ1v) is 8.74. The fourth-order valence-electron chi connectivity index (χ4n) is 3.01. The van der Waals surface area contributed by atoms with E-state index in [-0.39, 0.29) is 12.0 Å². The van der Waals surface area contributed by atoms with E-state index in [1.807, 2.05) is 13.8 Å². The lowest BCUT2D eigenvalue weighted by Crippen LogP contribution is -2.31. The molecule has 0 aliphatic carbocycles. The molecule has 1 aliphatic rings. The lowest BCUT2D eigenvalue weighted by molar-refractivity contribution is 0.0857. The normalized spacial score (nSPS) is 16.5. The number of nitrogens with one attached hydrogen (secondary N) is 1. The third-order valence-corrected chi connectivity index (χ3v) is 4.67. The van der Waals surface area contributed by atoms with Crippen molar-refractivity contribution in [2.45, 2.75) is 32.8 Å². The Hall–Kier alpha value is -2.73. The number of benzene rings is 1. The first-order chi connectivity index (χ1) is 12.5. The zero-order valence-electron chi connectivity index (χ0n) is 15.0. The van der Waals surface area contributed by atoms with E-state index in [0.717, 1.165) is 36.3 Å². The Bertz CT molecular complexity index is 825. The molecule has 2 amide bonds. The van der Waals surface area contributed by atoms with Gasteiger partial charge in [0.05, 0.1) is 17.4 Å². The van der Waals surface area contributed by atoms with Crippen molar-refractivity contribution in [3.8, 4) is 11.3 Å². The fourth-order valence-corrected chi connectivity index (χ4v) is 3.01. The number of aryl methyl sites for hydroxylation is 2. The van der Waals surface area contributed by atoms with E-state index in [1.165, 1.54) is 0 Å². The number of carbonyl (C=O) groups is 2. The smallest absolute Gasteiger partial charge is 0.251 e. The number of aromatic nitrogens is 1. The van der Waals surface area contributed by atoms with Gasteiger partial charge in [-0.25, -0.2) is 0 Å². The monoisotopic (exact) mass is 353 g/mol. The standard InChI is InChI=1S/C20H23N3O3/c1-12-10-17(19(21)24)18(23-13(12)2)14-5-7-15(8-6-14)20(25)22-11-16-4-3-9-26-16/h5-8,10,16H,3-4,9,11H2,1-2H3,(H2,21,24)(H,22,25)/t16-/m0/s1. The van der Waals surface area contributed by atoms with Crippen LogP contribution in [0.15, 0.2) is 30.3 Å². The number of nitrogens with zero attached hydrogens (tertiary/aromatic N) is 1. The zero-order chi connectivity index (χ0) is 18.7. The Kier molecular flexibility index (Phi) is 5.32. The van der Waals surface area contributed by atoms with Crippen molar-refractivity contribution in [2.75, 3.05) is 13.2 Å². The minimum absolute atomic E-state index is 0.107. The van der Waals surface area contributed by atoms with Crippen LogP contribution in [0.1, 0.15) is 44.8 Å². The summed E-state index contributed by atoms with van der Waals surface area (Å²) in [6.45, 7) is 5.06. The average Bonchev–Trinajstić information content (AvgIpc) is 3.15. The second kappa shape index (κ2) is 7.66. The van der Waals surface area contributed by atoms with Crippen LogP contribution < -0.4 is 11.1 Å². The number of primary amides is 1. The number of ether oxygens (including phenoxy) is 1. The molecule has 3 N–H and O–H groups in total. The van der Waals surface area contributed by atoms with Gasteiger partial charge in [0.15, 0.2) is 0 Å². The predicted molar refractivity (Wildman–Crippen MR) is 99.0 cm³/mol. The summed E-state index contributed by atoms with van der Waals surface area (Å²) in [6.07, 6.45) is 2.13. The number of hydrogen-bond donors (Lipinski definition) is 2. The molecule has 1 aliphatic heterocycles. The molecular formula is C20H23N3O3. The quantitative estimate of drug-likeness (QED) is 0.863. The molecule has 136 valence electrons. The highest BCUT2D eigenvalue weighted by molar-refractivity contribution is 5.99. The van der Waals surface area contributed by atoms with Gasteiger partial charge in [0.1, 0.15) is 0 Å². The van der Waals surface area contributed by atoms with Crippen molar-refractivity contribution in [1.82, 2.24) is 10.3 Å². The largest absolute Gasteiger partial charge is 0.376 e. The van der Waals surface area contributed by atoms with Gasteiger partial charge in [0, 0.05) is 30.0 Å². The highest BCUT2D eigenvalue weighted by atomic mass is 16.5. The van der Waals surface area contributed by atoms with Crippen molar-refractivity contribution in [1.29, 1.82) is 0 Å². The highest BCUT2D eigenvalue weighted by Crippen LogP contribution is 2.24. The van der Waals surface area contributed by atoms with Crippen LogP contribution in [0.4, 0.5) is 0 Å². The van der Waals surface area contributed by atoms with E-state index >= 15 is 0 Å². The summed E-state index contributed by atoms with van der Waals surface area (Å²) in [5.74, 6) is -0.663. The van der Waals surface area contributed by atoms with Gasteiger partial charge in [-0.2, -0.15) is 0 Å². The molecule has 0 bridgehead atoms. The fraction of sp³-hybridized carbons (Fsp3) is 0.350. The van der Waals surface area contributed by atoms with Gasteiger partial charge in [0.2, 0.25) is 0 Å². The summed E-state index contributed by atoms with van der Waals surface area (Å²) in [5.41, 5.74) is 9.45. The summed E-state index contributed by atoms with van der Waals surface area (Å²) in [6, 6.07) is 8.76. The van der Waals surface area contributed by atoms with Crippen LogP contribution in [0.3, 0.4) is 0 Å². The van der Waals surface area contributed by atoms with Gasteiger partial charge >= 0.3 is 0 Å². The molecule has 3 rings (SSSR count). The van der Waals surface area contributed by atoms with E-state index in [1.54, 1.807) is 30.3 Å². The lowest BCUT2D eigenvalue weighted by Gasteiger charge is -2.12. The van der Waals surface area contributed by atoms with Gasteiger partial charge in [-0.1, -0.05) is 12.1 Å². The molecule has 1 saturated heterocycles. The van der Waals surface area contributed by atoms with Crippen LogP contribution in [-0.4, -0.2) is 36.1 Å². The molecule has 26 heavy (non-hydrogen) atoms. The molecule has 2 aromatic rings. The molecular weight excluding hydrogens is 330 g/mol. The molecule has 1 atom stereocenters. The lowest BCUT2D eigenvalue weighted by atomic mass is 10.0. The molecule has 0 radical (unpaired) electrons. The van der Waals surface area contributed by atoms with Crippen molar-refractivity contribution in [3.63, 3.8) is 0 Å².